The second-order valence-electron chi connectivity index (χ2n) is 7.13. The molecule has 0 saturated heterocycles. The Kier molecular flexibility index (Phi) is 2.37. The van der Waals surface area contributed by atoms with Crippen LogP contribution >= 0.6 is 0 Å². The molecule has 3 rings (SSSR count). The maximum absolute atomic E-state index is 12.4. The molecule has 3 aliphatic carbocycles. The van der Waals surface area contributed by atoms with E-state index >= 15 is 0 Å². The summed E-state index contributed by atoms with van der Waals surface area (Å²) in [6.45, 7) is 6.28. The lowest BCUT2D eigenvalue weighted by Gasteiger charge is -2.55. The number of fused-ring (bicyclic) bond motifs is 3. The Morgan fingerprint density at radius 3 is 2.50 bits per heavy atom. The van der Waals surface area contributed by atoms with E-state index in [1.807, 2.05) is 6.92 Å². The van der Waals surface area contributed by atoms with Crippen LogP contribution in [-0.2, 0) is 4.79 Å². The quantitative estimate of drug-likeness (QED) is 0.744. The van der Waals surface area contributed by atoms with Gasteiger partial charge in [-0.25, -0.2) is 0 Å². The number of carbonyl (C=O) groups excluding carboxylic acids is 1. The van der Waals surface area contributed by atoms with E-state index < -0.39 is 6.10 Å². The number of aliphatic hydroxyl groups excluding tert-OH is 2. The molecule has 100 valence electrons. The van der Waals surface area contributed by atoms with Gasteiger partial charge < -0.3 is 10.2 Å². The number of Topliss-reactive ketones (excluding diaryl/α,β-unsaturated/α-hetero) is 1. The lowest BCUT2D eigenvalue weighted by atomic mass is 9.50. The van der Waals surface area contributed by atoms with Crippen LogP contribution in [0.25, 0.3) is 0 Å². The number of hydrogen-bond donors (Lipinski definition) is 2. The van der Waals surface area contributed by atoms with Gasteiger partial charge in [0.15, 0.2) is 5.78 Å². The van der Waals surface area contributed by atoms with E-state index in [4.69, 9.17) is 0 Å². The molecule has 0 aliphatic heterocycles. The van der Waals surface area contributed by atoms with Crippen molar-refractivity contribution < 1.29 is 15.0 Å². The van der Waals surface area contributed by atoms with Gasteiger partial charge in [-0.2, -0.15) is 0 Å². The summed E-state index contributed by atoms with van der Waals surface area (Å²) in [5, 5.41) is 19.5. The Labute approximate surface area is 108 Å². The molecule has 5 unspecified atom stereocenters. The summed E-state index contributed by atoms with van der Waals surface area (Å²) >= 11 is 0. The zero-order valence-electron chi connectivity index (χ0n) is 11.4. The van der Waals surface area contributed by atoms with Crippen LogP contribution in [0.4, 0.5) is 0 Å². The smallest absolute Gasteiger partial charge is 0.162 e. The van der Waals surface area contributed by atoms with E-state index in [9.17, 15) is 15.0 Å². The monoisotopic (exact) mass is 250 g/mol. The molecule has 0 aromatic rings. The second-order valence-corrected chi connectivity index (χ2v) is 7.13. The molecule has 0 heterocycles. The van der Waals surface area contributed by atoms with Crippen molar-refractivity contribution >= 4 is 5.78 Å². The van der Waals surface area contributed by atoms with Crippen LogP contribution in [0.15, 0.2) is 11.1 Å². The van der Waals surface area contributed by atoms with E-state index in [-0.39, 0.29) is 29.1 Å². The van der Waals surface area contributed by atoms with Gasteiger partial charge in [0.2, 0.25) is 0 Å². The van der Waals surface area contributed by atoms with Gasteiger partial charge in [-0.15, -0.1) is 0 Å². The minimum Gasteiger partial charge on any atom is -0.396 e. The number of allylic oxidation sites excluding steroid dienone is 1. The normalized spacial score (nSPS) is 50.9. The molecule has 0 aromatic carbocycles. The van der Waals surface area contributed by atoms with Crippen LogP contribution < -0.4 is 0 Å². The molecule has 3 aliphatic rings. The molecule has 0 amide bonds. The Morgan fingerprint density at radius 1 is 1.28 bits per heavy atom. The van der Waals surface area contributed by atoms with Crippen molar-refractivity contribution in [1.82, 2.24) is 0 Å². The largest absolute Gasteiger partial charge is 0.396 e. The lowest BCUT2D eigenvalue weighted by Crippen LogP contribution is -2.53. The molecule has 3 heteroatoms. The van der Waals surface area contributed by atoms with Crippen LogP contribution in [0.3, 0.4) is 0 Å². The molecule has 2 N–H and O–H groups in total. The Bertz CT molecular complexity index is 453. The molecular weight excluding hydrogens is 228 g/mol. The molecule has 2 fully saturated rings. The van der Waals surface area contributed by atoms with Gasteiger partial charge in [0.05, 0.1) is 6.10 Å². The number of carbonyl (C=O) groups is 1. The van der Waals surface area contributed by atoms with Crippen LogP contribution in [0.5, 0.6) is 0 Å². The first-order valence-corrected chi connectivity index (χ1v) is 6.87. The first-order chi connectivity index (χ1) is 8.32. The number of ketones is 1. The molecule has 0 bridgehead atoms. The highest BCUT2D eigenvalue weighted by molar-refractivity contribution is 6.00. The number of hydrogen-bond acceptors (Lipinski definition) is 3. The summed E-state index contributed by atoms with van der Waals surface area (Å²) < 4.78 is 0. The summed E-state index contributed by atoms with van der Waals surface area (Å²) in [5.74, 6) is 0.580. The van der Waals surface area contributed by atoms with Gasteiger partial charge in [0.1, 0.15) is 0 Å². The van der Waals surface area contributed by atoms with Gasteiger partial charge >= 0.3 is 0 Å². The first kappa shape index (κ1) is 12.4. The molecular formula is C15H22O3. The van der Waals surface area contributed by atoms with Crippen molar-refractivity contribution in [3.05, 3.63) is 11.1 Å². The van der Waals surface area contributed by atoms with Crippen molar-refractivity contribution in [3.8, 4) is 0 Å². The summed E-state index contributed by atoms with van der Waals surface area (Å²) in [6, 6.07) is 0. The van der Waals surface area contributed by atoms with Crippen molar-refractivity contribution in [2.45, 2.75) is 46.1 Å². The number of aliphatic hydroxyl groups is 2. The van der Waals surface area contributed by atoms with Gasteiger partial charge in [-0.1, -0.05) is 13.8 Å². The van der Waals surface area contributed by atoms with E-state index in [0.29, 0.717) is 5.92 Å². The summed E-state index contributed by atoms with van der Waals surface area (Å²) in [7, 11) is 0. The predicted molar refractivity (Wildman–Crippen MR) is 67.8 cm³/mol. The van der Waals surface area contributed by atoms with E-state index in [1.54, 1.807) is 0 Å². The zero-order chi connectivity index (χ0) is 13.3. The van der Waals surface area contributed by atoms with E-state index in [1.165, 1.54) is 0 Å². The van der Waals surface area contributed by atoms with Crippen molar-refractivity contribution in [2.75, 3.05) is 6.61 Å². The minimum atomic E-state index is -0.416. The molecule has 3 nitrogen and oxygen atoms in total. The summed E-state index contributed by atoms with van der Waals surface area (Å²) in [6.07, 6.45) is 2.06. The molecule has 0 spiro atoms. The third-order valence-electron chi connectivity index (χ3n) is 5.79. The van der Waals surface area contributed by atoms with Crippen molar-refractivity contribution in [2.24, 2.45) is 22.7 Å². The van der Waals surface area contributed by atoms with E-state index in [0.717, 1.165) is 30.4 Å². The van der Waals surface area contributed by atoms with Gasteiger partial charge in [-0.3, -0.25) is 4.79 Å². The maximum Gasteiger partial charge on any atom is 0.162 e. The van der Waals surface area contributed by atoms with E-state index in [2.05, 4.69) is 13.8 Å². The Morgan fingerprint density at radius 2 is 1.94 bits per heavy atom. The average Bonchev–Trinajstić information content (AvgIpc) is 2.66. The molecule has 0 aromatic heterocycles. The summed E-state index contributed by atoms with van der Waals surface area (Å²) in [5.41, 5.74) is 1.65. The number of rotatable bonds is 1. The fraction of sp³-hybridized carbons (Fsp3) is 0.800. The van der Waals surface area contributed by atoms with Gasteiger partial charge in [0.25, 0.3) is 0 Å². The highest BCUT2D eigenvalue weighted by Gasteiger charge is 2.62. The molecule has 2 saturated carbocycles. The Hall–Kier alpha value is -0.670. The maximum atomic E-state index is 12.4. The first-order valence-electron chi connectivity index (χ1n) is 6.87. The summed E-state index contributed by atoms with van der Waals surface area (Å²) in [4.78, 5) is 12.4. The molecule has 5 atom stereocenters. The van der Waals surface area contributed by atoms with Crippen molar-refractivity contribution in [1.29, 1.82) is 0 Å². The van der Waals surface area contributed by atoms with Crippen LogP contribution in [0.1, 0.15) is 40.0 Å². The van der Waals surface area contributed by atoms with Crippen LogP contribution in [0.2, 0.25) is 0 Å². The third-order valence-corrected chi connectivity index (χ3v) is 5.79. The molecule has 18 heavy (non-hydrogen) atoms. The lowest BCUT2D eigenvalue weighted by molar-refractivity contribution is -0.126. The average molecular weight is 250 g/mol. The predicted octanol–water partition coefficient (Wildman–Crippen LogP) is 1.68. The molecule has 0 radical (unpaired) electrons. The van der Waals surface area contributed by atoms with Crippen LogP contribution in [0, 0.1) is 22.7 Å². The fourth-order valence-corrected chi connectivity index (χ4v) is 4.81. The topological polar surface area (TPSA) is 57.5 Å². The fourth-order valence-electron chi connectivity index (χ4n) is 4.81. The SMILES string of the molecule is CC1=C2C(O)CC2(C)C2CC(C)(CO)CC2C1=O. The zero-order valence-corrected chi connectivity index (χ0v) is 11.4. The van der Waals surface area contributed by atoms with Gasteiger partial charge in [-0.05, 0) is 54.1 Å². The second kappa shape index (κ2) is 3.45. The minimum absolute atomic E-state index is 0.00495. The van der Waals surface area contributed by atoms with Crippen molar-refractivity contribution in [3.63, 3.8) is 0 Å². The standard InChI is InChI=1S/C15H22O3/c1-8-12-11(17)6-15(12,3)10-5-14(2,7-16)4-9(10)13(8)18/h9-11,16-17H,4-7H2,1-3H3. The van der Waals surface area contributed by atoms with Gasteiger partial charge in [0, 0.05) is 12.5 Å². The highest BCUT2D eigenvalue weighted by Crippen LogP contribution is 2.65. The third kappa shape index (κ3) is 1.29. The highest BCUT2D eigenvalue weighted by atomic mass is 16.3. The Balaban J connectivity index is 2.04. The van der Waals surface area contributed by atoms with Crippen LogP contribution in [-0.4, -0.2) is 28.7 Å².